The molecule has 0 bridgehead atoms. The Labute approximate surface area is 140 Å². The summed E-state index contributed by atoms with van der Waals surface area (Å²) in [5.41, 5.74) is 0.720. The van der Waals surface area contributed by atoms with Crippen LogP contribution < -0.4 is 5.32 Å². The van der Waals surface area contributed by atoms with E-state index in [0.29, 0.717) is 6.54 Å². The van der Waals surface area contributed by atoms with Crippen molar-refractivity contribution in [3.8, 4) is 0 Å². The van der Waals surface area contributed by atoms with Gasteiger partial charge in [0, 0.05) is 18.9 Å². The number of hydrogen-bond donors (Lipinski definition) is 2. The minimum atomic E-state index is -0.783. The van der Waals surface area contributed by atoms with Gasteiger partial charge in [0.05, 0.1) is 13.2 Å². The predicted octanol–water partition coefficient (Wildman–Crippen LogP) is 2.17. The summed E-state index contributed by atoms with van der Waals surface area (Å²) in [7, 11) is 1.28. The number of amides is 2. The smallest absolute Gasteiger partial charge is 0.407 e. The number of carbonyl (C=O) groups excluding carboxylic acids is 2. The minimum absolute atomic E-state index is 0.0989. The first-order valence-electron chi connectivity index (χ1n) is 7.90. The van der Waals surface area contributed by atoms with Crippen molar-refractivity contribution in [2.75, 3.05) is 13.7 Å². The maximum atomic E-state index is 13.1. The zero-order chi connectivity index (χ0) is 16.9. The summed E-state index contributed by atoms with van der Waals surface area (Å²) in [6.45, 7) is 0.635. The molecular weight excluding hydrogens is 308 g/mol. The van der Waals surface area contributed by atoms with Gasteiger partial charge < -0.3 is 19.9 Å². The Morgan fingerprint density at radius 1 is 1.38 bits per heavy atom. The first kappa shape index (κ1) is 16.0. The van der Waals surface area contributed by atoms with E-state index in [1.54, 1.807) is 17.3 Å². The quantitative estimate of drug-likeness (QED) is 0.900. The fraction of sp³-hybridized carbons (Fsp3) is 0.353. The number of nitrogens with zero attached hydrogens (tertiary/aromatic N) is 2. The van der Waals surface area contributed by atoms with Crippen molar-refractivity contribution >= 4 is 12.0 Å². The molecule has 1 aromatic heterocycles. The highest BCUT2D eigenvalue weighted by atomic mass is 16.5. The molecule has 1 aromatic carbocycles. The van der Waals surface area contributed by atoms with Crippen LogP contribution in [-0.4, -0.2) is 40.5 Å². The van der Waals surface area contributed by atoms with Crippen molar-refractivity contribution in [3.05, 3.63) is 54.1 Å². The fourth-order valence-electron chi connectivity index (χ4n) is 3.05. The second kappa shape index (κ2) is 7.16. The van der Waals surface area contributed by atoms with Crippen LogP contribution in [0.2, 0.25) is 0 Å². The zero-order valence-electron chi connectivity index (χ0n) is 13.4. The van der Waals surface area contributed by atoms with Crippen molar-refractivity contribution in [1.29, 1.82) is 0 Å². The number of H-pyrrole nitrogens is 1. The van der Waals surface area contributed by atoms with E-state index >= 15 is 0 Å². The summed E-state index contributed by atoms with van der Waals surface area (Å²) in [6.07, 6.45) is 4.54. The lowest BCUT2D eigenvalue weighted by atomic mass is 10.1. The topological polar surface area (TPSA) is 87.3 Å². The zero-order valence-corrected chi connectivity index (χ0v) is 13.4. The highest BCUT2D eigenvalue weighted by Crippen LogP contribution is 2.32. The van der Waals surface area contributed by atoms with E-state index < -0.39 is 12.1 Å². The van der Waals surface area contributed by atoms with Crippen LogP contribution in [0.5, 0.6) is 0 Å². The summed E-state index contributed by atoms with van der Waals surface area (Å²) in [5, 5.41) is 2.64. The molecule has 1 aliphatic rings. The average molecular weight is 328 g/mol. The molecule has 1 aliphatic heterocycles. The summed E-state index contributed by atoms with van der Waals surface area (Å²) in [6, 6.07) is 8.29. The minimum Gasteiger partial charge on any atom is -0.453 e. The van der Waals surface area contributed by atoms with Crippen molar-refractivity contribution in [2.45, 2.75) is 24.9 Å². The molecule has 7 nitrogen and oxygen atoms in total. The third kappa shape index (κ3) is 3.24. The van der Waals surface area contributed by atoms with Crippen LogP contribution in [0.15, 0.2) is 42.7 Å². The molecule has 24 heavy (non-hydrogen) atoms. The molecule has 126 valence electrons. The van der Waals surface area contributed by atoms with Gasteiger partial charge in [-0.2, -0.15) is 0 Å². The number of imidazole rings is 1. The molecule has 1 fully saturated rings. The fourth-order valence-corrected chi connectivity index (χ4v) is 3.05. The molecule has 1 saturated heterocycles. The number of ether oxygens (including phenoxy) is 1. The number of benzene rings is 1. The third-order valence-corrected chi connectivity index (χ3v) is 4.20. The second-order valence-corrected chi connectivity index (χ2v) is 5.64. The van der Waals surface area contributed by atoms with Gasteiger partial charge in [0.2, 0.25) is 0 Å². The van der Waals surface area contributed by atoms with Crippen molar-refractivity contribution in [2.24, 2.45) is 0 Å². The molecule has 0 radical (unpaired) electrons. The molecule has 2 aromatic rings. The summed E-state index contributed by atoms with van der Waals surface area (Å²) in [5.74, 6) is 0.608. The molecule has 0 spiro atoms. The van der Waals surface area contributed by atoms with E-state index in [9.17, 15) is 9.59 Å². The number of carbonyl (C=O) groups is 2. The van der Waals surface area contributed by atoms with Crippen LogP contribution in [0.4, 0.5) is 4.79 Å². The van der Waals surface area contributed by atoms with Crippen LogP contribution in [0.3, 0.4) is 0 Å². The first-order valence-corrected chi connectivity index (χ1v) is 7.90. The number of rotatable bonds is 4. The number of methoxy groups -OCH3 is 1. The highest BCUT2D eigenvalue weighted by Gasteiger charge is 2.36. The van der Waals surface area contributed by atoms with Gasteiger partial charge >= 0.3 is 6.09 Å². The van der Waals surface area contributed by atoms with Gasteiger partial charge in [-0.15, -0.1) is 0 Å². The number of alkyl carbamates (subject to hydrolysis) is 1. The summed E-state index contributed by atoms with van der Waals surface area (Å²) >= 11 is 0. The lowest BCUT2D eigenvalue weighted by Crippen LogP contribution is -2.42. The highest BCUT2D eigenvalue weighted by molar-refractivity contribution is 5.87. The average Bonchev–Trinajstić information content (AvgIpc) is 3.30. The summed E-state index contributed by atoms with van der Waals surface area (Å²) < 4.78 is 4.67. The molecule has 0 unspecified atom stereocenters. The SMILES string of the molecule is COC(=O)N[C@@H](C(=O)N1CCC[C@H]1c1ncc[nH]1)c1ccccc1. The predicted molar refractivity (Wildman–Crippen MR) is 87.0 cm³/mol. The van der Waals surface area contributed by atoms with Crippen LogP contribution in [0.1, 0.15) is 36.3 Å². The van der Waals surface area contributed by atoms with E-state index in [1.807, 2.05) is 30.3 Å². The third-order valence-electron chi connectivity index (χ3n) is 4.20. The molecule has 2 heterocycles. The Morgan fingerprint density at radius 2 is 2.17 bits per heavy atom. The van der Waals surface area contributed by atoms with Crippen LogP contribution >= 0.6 is 0 Å². The van der Waals surface area contributed by atoms with E-state index in [4.69, 9.17) is 0 Å². The van der Waals surface area contributed by atoms with E-state index in [0.717, 1.165) is 24.2 Å². The maximum Gasteiger partial charge on any atom is 0.407 e. The van der Waals surface area contributed by atoms with E-state index in [2.05, 4.69) is 20.0 Å². The number of nitrogens with one attached hydrogen (secondary N) is 2. The maximum absolute atomic E-state index is 13.1. The molecule has 0 aliphatic carbocycles. The number of hydrogen-bond acceptors (Lipinski definition) is 4. The van der Waals surface area contributed by atoms with E-state index in [1.165, 1.54) is 7.11 Å². The molecule has 2 amide bonds. The molecule has 0 saturated carbocycles. The van der Waals surface area contributed by atoms with Crippen molar-refractivity contribution < 1.29 is 14.3 Å². The molecule has 3 rings (SSSR count). The lowest BCUT2D eigenvalue weighted by molar-refractivity contribution is -0.134. The van der Waals surface area contributed by atoms with Gasteiger partial charge in [0.15, 0.2) is 0 Å². The number of aromatic amines is 1. The van der Waals surface area contributed by atoms with Gasteiger partial charge in [-0.25, -0.2) is 9.78 Å². The molecule has 7 heteroatoms. The molecule has 2 N–H and O–H groups in total. The Kier molecular flexibility index (Phi) is 4.79. The summed E-state index contributed by atoms with van der Waals surface area (Å²) in [4.78, 5) is 33.9. The van der Waals surface area contributed by atoms with Gasteiger partial charge in [0.1, 0.15) is 11.9 Å². The Morgan fingerprint density at radius 3 is 2.83 bits per heavy atom. The van der Waals surface area contributed by atoms with Gasteiger partial charge in [-0.05, 0) is 18.4 Å². The second-order valence-electron chi connectivity index (χ2n) is 5.64. The van der Waals surface area contributed by atoms with Gasteiger partial charge in [-0.1, -0.05) is 30.3 Å². The van der Waals surface area contributed by atoms with Crippen LogP contribution in [-0.2, 0) is 9.53 Å². The molecule has 2 atom stereocenters. The molecular formula is C17H20N4O3. The largest absolute Gasteiger partial charge is 0.453 e. The van der Waals surface area contributed by atoms with Crippen molar-refractivity contribution in [1.82, 2.24) is 20.2 Å². The van der Waals surface area contributed by atoms with E-state index in [-0.39, 0.29) is 11.9 Å². The number of likely N-dealkylation sites (tertiary alicyclic amines) is 1. The Hall–Kier alpha value is -2.83. The standard InChI is InChI=1S/C17H20N4O3/c1-24-17(23)20-14(12-6-3-2-4-7-12)16(22)21-11-5-8-13(21)15-18-9-10-19-15/h2-4,6-7,9-10,13-14H,5,8,11H2,1H3,(H,18,19)(H,20,23)/t13-,14+/m0/s1. The monoisotopic (exact) mass is 328 g/mol. The van der Waals surface area contributed by atoms with Gasteiger partial charge in [-0.3, -0.25) is 4.79 Å². The lowest BCUT2D eigenvalue weighted by Gasteiger charge is -2.28. The van der Waals surface area contributed by atoms with Crippen LogP contribution in [0, 0.1) is 0 Å². The van der Waals surface area contributed by atoms with Crippen LogP contribution in [0.25, 0.3) is 0 Å². The first-order chi connectivity index (χ1) is 11.7. The van der Waals surface area contributed by atoms with Crippen molar-refractivity contribution in [3.63, 3.8) is 0 Å². The Bertz CT molecular complexity index is 687. The normalized spacial score (nSPS) is 18.2. The Balaban J connectivity index is 1.86. The number of aromatic nitrogens is 2. The van der Waals surface area contributed by atoms with Gasteiger partial charge in [0.25, 0.3) is 5.91 Å².